The van der Waals surface area contributed by atoms with Gasteiger partial charge in [-0.2, -0.15) is 13.2 Å². The summed E-state index contributed by atoms with van der Waals surface area (Å²) in [6.45, 7) is 1.40. The Morgan fingerprint density at radius 3 is 2.59 bits per heavy atom. The maximum Gasteiger partial charge on any atom is 0.416 e. The molecule has 0 unspecified atom stereocenters. The third kappa shape index (κ3) is 2.49. The second-order valence-electron chi connectivity index (χ2n) is 3.84. The van der Waals surface area contributed by atoms with Crippen LogP contribution in [0.5, 0.6) is 0 Å². The van der Waals surface area contributed by atoms with Crippen LogP contribution in [0.1, 0.15) is 18.2 Å². The Kier molecular flexibility index (Phi) is 2.69. The Bertz CT molecular complexity index is 567. The number of ketones is 1. The predicted octanol–water partition coefficient (Wildman–Crippen LogP) is 3.58. The van der Waals surface area contributed by atoms with Crippen molar-refractivity contribution in [1.82, 2.24) is 0 Å². The lowest BCUT2D eigenvalue weighted by atomic mass is 10.1. The summed E-state index contributed by atoms with van der Waals surface area (Å²) < 4.78 is 42.6. The highest BCUT2D eigenvalue weighted by Gasteiger charge is 2.30. The summed E-state index contributed by atoms with van der Waals surface area (Å²) in [5, 5.41) is 0.357. The van der Waals surface area contributed by atoms with Crippen molar-refractivity contribution in [1.29, 1.82) is 0 Å². The van der Waals surface area contributed by atoms with E-state index in [4.69, 9.17) is 4.42 Å². The Morgan fingerprint density at radius 1 is 1.29 bits per heavy atom. The van der Waals surface area contributed by atoms with Crippen molar-refractivity contribution in [2.75, 3.05) is 0 Å². The summed E-state index contributed by atoms with van der Waals surface area (Å²) >= 11 is 0. The van der Waals surface area contributed by atoms with Crippen molar-refractivity contribution in [3.8, 4) is 0 Å². The molecule has 0 atom stereocenters. The van der Waals surface area contributed by atoms with Crippen LogP contribution in [0.15, 0.2) is 28.7 Å². The molecule has 0 radical (unpaired) electrons. The molecule has 1 heterocycles. The maximum atomic E-state index is 12.4. The highest BCUT2D eigenvalue weighted by Crippen LogP contribution is 2.32. The topological polar surface area (TPSA) is 30.2 Å². The lowest BCUT2D eigenvalue weighted by Crippen LogP contribution is -2.03. The van der Waals surface area contributed by atoms with Gasteiger partial charge >= 0.3 is 6.18 Å². The predicted molar refractivity (Wildman–Crippen MR) is 55.6 cm³/mol. The normalized spacial score (nSPS) is 12.0. The summed E-state index contributed by atoms with van der Waals surface area (Å²) in [6.07, 6.45) is -4.28. The van der Waals surface area contributed by atoms with E-state index < -0.39 is 11.7 Å². The molecule has 90 valence electrons. The molecule has 0 fully saturated rings. The number of halogens is 3. The number of fused-ring (bicyclic) bond motifs is 1. The molecule has 0 bridgehead atoms. The van der Waals surface area contributed by atoms with Gasteiger partial charge in [-0.15, -0.1) is 0 Å². The van der Waals surface area contributed by atoms with Crippen LogP contribution in [0.25, 0.3) is 11.0 Å². The Morgan fingerprint density at radius 2 is 2.00 bits per heavy atom. The van der Waals surface area contributed by atoms with Gasteiger partial charge in [0.05, 0.1) is 12.0 Å². The van der Waals surface area contributed by atoms with E-state index in [1.807, 2.05) is 0 Å². The van der Waals surface area contributed by atoms with Crippen LogP contribution in [0.3, 0.4) is 0 Å². The Labute approximate surface area is 95.0 Å². The van der Waals surface area contributed by atoms with Gasteiger partial charge in [0.2, 0.25) is 0 Å². The van der Waals surface area contributed by atoms with E-state index in [1.165, 1.54) is 19.1 Å². The van der Waals surface area contributed by atoms with Crippen LogP contribution >= 0.6 is 0 Å². The Balaban J connectivity index is 2.44. The van der Waals surface area contributed by atoms with Gasteiger partial charge in [-0.25, -0.2) is 0 Å². The summed E-state index contributed by atoms with van der Waals surface area (Å²) in [4.78, 5) is 10.9. The fraction of sp³-hybridized carbons (Fsp3) is 0.250. The fourth-order valence-electron chi connectivity index (χ4n) is 1.61. The van der Waals surface area contributed by atoms with Crippen molar-refractivity contribution in [3.05, 3.63) is 35.6 Å². The smallest absolute Gasteiger partial charge is 0.416 e. The number of rotatable bonds is 2. The monoisotopic (exact) mass is 242 g/mol. The lowest BCUT2D eigenvalue weighted by molar-refractivity contribution is -0.137. The SMILES string of the molecule is CC(=O)Cc1cc2cc(C(F)(F)F)ccc2o1. The molecule has 0 aliphatic carbocycles. The molecule has 0 aliphatic heterocycles. The molecule has 1 aromatic heterocycles. The average molecular weight is 242 g/mol. The van der Waals surface area contributed by atoms with Gasteiger partial charge in [0, 0.05) is 5.39 Å². The first-order valence-corrected chi connectivity index (χ1v) is 4.95. The summed E-state index contributed by atoms with van der Waals surface area (Å²) in [5.74, 6) is 0.284. The molecule has 2 rings (SSSR count). The molecule has 5 heteroatoms. The minimum atomic E-state index is -4.37. The van der Waals surface area contributed by atoms with Crippen molar-refractivity contribution >= 4 is 16.8 Å². The molecule has 0 N–H and O–H groups in total. The number of hydrogen-bond donors (Lipinski definition) is 0. The summed E-state index contributed by atoms with van der Waals surface area (Å²) in [7, 11) is 0. The number of hydrogen-bond acceptors (Lipinski definition) is 2. The van der Waals surface area contributed by atoms with Crippen molar-refractivity contribution in [3.63, 3.8) is 0 Å². The number of benzene rings is 1. The Hall–Kier alpha value is -1.78. The average Bonchev–Trinajstić information content (AvgIpc) is 2.55. The van der Waals surface area contributed by atoms with Gasteiger partial charge < -0.3 is 4.42 Å². The number of alkyl halides is 3. The molecule has 0 amide bonds. The molecule has 2 aromatic rings. The molecular weight excluding hydrogens is 233 g/mol. The van der Waals surface area contributed by atoms with E-state index in [0.717, 1.165) is 12.1 Å². The van der Waals surface area contributed by atoms with E-state index >= 15 is 0 Å². The zero-order valence-electron chi connectivity index (χ0n) is 8.97. The zero-order valence-corrected chi connectivity index (χ0v) is 8.97. The highest BCUT2D eigenvalue weighted by atomic mass is 19.4. The first-order chi connectivity index (χ1) is 7.86. The standard InChI is InChI=1S/C12H9F3O2/c1-7(16)4-10-6-8-5-9(12(13,14)15)2-3-11(8)17-10/h2-3,5-6H,4H2,1H3. The van der Waals surface area contributed by atoms with E-state index in [9.17, 15) is 18.0 Å². The van der Waals surface area contributed by atoms with Crippen molar-refractivity contribution in [2.24, 2.45) is 0 Å². The van der Waals surface area contributed by atoms with Gasteiger partial charge in [-0.1, -0.05) is 0 Å². The van der Waals surface area contributed by atoms with Gasteiger partial charge in [0.1, 0.15) is 17.1 Å². The van der Waals surface area contributed by atoms with Crippen LogP contribution in [0.4, 0.5) is 13.2 Å². The molecule has 1 aromatic carbocycles. The van der Waals surface area contributed by atoms with Gasteiger partial charge in [-0.05, 0) is 31.2 Å². The fourth-order valence-corrected chi connectivity index (χ4v) is 1.61. The molecule has 0 aliphatic rings. The van der Waals surface area contributed by atoms with E-state index in [-0.39, 0.29) is 12.2 Å². The number of carbonyl (C=O) groups is 1. The van der Waals surface area contributed by atoms with Crippen LogP contribution in [-0.2, 0) is 17.4 Å². The third-order valence-corrected chi connectivity index (χ3v) is 2.32. The zero-order chi connectivity index (χ0) is 12.6. The molecular formula is C12H9F3O2. The van der Waals surface area contributed by atoms with E-state index in [0.29, 0.717) is 16.7 Å². The van der Waals surface area contributed by atoms with E-state index in [2.05, 4.69) is 0 Å². The van der Waals surface area contributed by atoms with Crippen molar-refractivity contribution in [2.45, 2.75) is 19.5 Å². The second kappa shape index (κ2) is 3.91. The quantitative estimate of drug-likeness (QED) is 0.805. The second-order valence-corrected chi connectivity index (χ2v) is 3.84. The first kappa shape index (κ1) is 11.7. The molecule has 0 saturated carbocycles. The third-order valence-electron chi connectivity index (χ3n) is 2.32. The lowest BCUT2D eigenvalue weighted by Gasteiger charge is -2.04. The number of furan rings is 1. The summed E-state index contributed by atoms with van der Waals surface area (Å²) in [5.41, 5.74) is -0.366. The van der Waals surface area contributed by atoms with Gasteiger partial charge in [0.15, 0.2) is 0 Å². The van der Waals surface area contributed by atoms with Gasteiger partial charge in [0.25, 0.3) is 0 Å². The number of Topliss-reactive ketones (excluding diaryl/α,β-unsaturated/α-hetero) is 1. The van der Waals surface area contributed by atoms with Crippen LogP contribution in [0.2, 0.25) is 0 Å². The highest BCUT2D eigenvalue weighted by molar-refractivity contribution is 5.82. The first-order valence-electron chi connectivity index (χ1n) is 4.95. The van der Waals surface area contributed by atoms with Crippen LogP contribution in [0, 0.1) is 0 Å². The number of carbonyl (C=O) groups excluding carboxylic acids is 1. The minimum absolute atomic E-state index is 0.0933. The van der Waals surface area contributed by atoms with Crippen LogP contribution in [-0.4, -0.2) is 5.78 Å². The summed E-state index contributed by atoms with van der Waals surface area (Å²) in [6, 6.07) is 4.71. The van der Waals surface area contributed by atoms with Crippen LogP contribution < -0.4 is 0 Å². The molecule has 0 saturated heterocycles. The van der Waals surface area contributed by atoms with Gasteiger partial charge in [-0.3, -0.25) is 4.79 Å². The van der Waals surface area contributed by atoms with E-state index in [1.54, 1.807) is 0 Å². The maximum absolute atomic E-state index is 12.4. The van der Waals surface area contributed by atoms with Crippen molar-refractivity contribution < 1.29 is 22.4 Å². The molecule has 17 heavy (non-hydrogen) atoms. The molecule has 2 nitrogen and oxygen atoms in total. The molecule has 0 spiro atoms. The minimum Gasteiger partial charge on any atom is -0.461 e. The largest absolute Gasteiger partial charge is 0.461 e.